The molecule has 5 nitrogen and oxygen atoms in total. The van der Waals surface area contributed by atoms with Gasteiger partial charge in [-0.1, -0.05) is 12.1 Å². The third-order valence-corrected chi connectivity index (χ3v) is 2.93. The summed E-state index contributed by atoms with van der Waals surface area (Å²) in [6.45, 7) is 0.596. The molecular formula is C11H11N3O2. The zero-order chi connectivity index (χ0) is 11.1. The van der Waals surface area contributed by atoms with Crippen molar-refractivity contribution in [1.82, 2.24) is 10.6 Å². The molecule has 0 aromatic heterocycles. The average Bonchev–Trinajstić information content (AvgIpc) is 2.81. The highest BCUT2D eigenvalue weighted by Gasteiger charge is 2.24. The van der Waals surface area contributed by atoms with Gasteiger partial charge < -0.3 is 16.0 Å². The number of nitrogens with one attached hydrogen (secondary N) is 3. The van der Waals surface area contributed by atoms with Crippen molar-refractivity contribution in [1.29, 1.82) is 0 Å². The summed E-state index contributed by atoms with van der Waals surface area (Å²) in [5, 5.41) is 8.31. The summed E-state index contributed by atoms with van der Waals surface area (Å²) in [4.78, 5) is 22.2. The van der Waals surface area contributed by atoms with Gasteiger partial charge in [-0.25, -0.2) is 4.79 Å². The minimum atomic E-state index is -0.139. The van der Waals surface area contributed by atoms with Crippen LogP contribution in [0, 0.1) is 0 Å². The highest BCUT2D eigenvalue weighted by Crippen LogP contribution is 2.26. The van der Waals surface area contributed by atoms with Crippen LogP contribution in [0.15, 0.2) is 18.2 Å². The van der Waals surface area contributed by atoms with E-state index in [4.69, 9.17) is 0 Å². The lowest BCUT2D eigenvalue weighted by Gasteiger charge is -2.10. The summed E-state index contributed by atoms with van der Waals surface area (Å²) in [6, 6.07) is 5.67. The van der Waals surface area contributed by atoms with Crippen molar-refractivity contribution in [2.24, 2.45) is 0 Å². The van der Waals surface area contributed by atoms with E-state index in [1.54, 1.807) is 0 Å². The fourth-order valence-electron chi connectivity index (χ4n) is 2.12. The van der Waals surface area contributed by atoms with E-state index in [-0.39, 0.29) is 18.0 Å². The molecule has 3 N–H and O–H groups in total. The normalized spacial score (nSPS) is 22.4. The summed E-state index contributed by atoms with van der Waals surface area (Å²) in [7, 11) is 0. The molecule has 0 spiro atoms. The molecule has 1 aromatic carbocycles. The minimum Gasteiger partial charge on any atom is -0.336 e. The number of rotatable bonds is 1. The Hall–Kier alpha value is -2.04. The molecule has 0 bridgehead atoms. The SMILES string of the molecule is O=C1Cc2cc(C3CNC(=O)N3)ccc2N1. The molecule has 3 amide bonds. The van der Waals surface area contributed by atoms with E-state index in [2.05, 4.69) is 16.0 Å². The number of urea groups is 1. The number of hydrogen-bond donors (Lipinski definition) is 3. The van der Waals surface area contributed by atoms with Crippen LogP contribution >= 0.6 is 0 Å². The Kier molecular flexibility index (Phi) is 1.86. The number of hydrogen-bond acceptors (Lipinski definition) is 2. The topological polar surface area (TPSA) is 70.2 Å². The molecule has 1 unspecified atom stereocenters. The molecular weight excluding hydrogens is 206 g/mol. The number of anilines is 1. The molecule has 5 heteroatoms. The van der Waals surface area contributed by atoms with Gasteiger partial charge in [0, 0.05) is 12.2 Å². The van der Waals surface area contributed by atoms with Crippen LogP contribution in [-0.4, -0.2) is 18.5 Å². The van der Waals surface area contributed by atoms with Crippen molar-refractivity contribution >= 4 is 17.6 Å². The average molecular weight is 217 g/mol. The molecule has 1 atom stereocenters. The van der Waals surface area contributed by atoms with Crippen molar-refractivity contribution < 1.29 is 9.59 Å². The Morgan fingerprint density at radius 3 is 2.88 bits per heavy atom. The number of carbonyl (C=O) groups is 2. The van der Waals surface area contributed by atoms with Gasteiger partial charge in [0.15, 0.2) is 0 Å². The zero-order valence-electron chi connectivity index (χ0n) is 8.54. The predicted octanol–water partition coefficient (Wildman–Crippen LogP) is 0.535. The highest BCUT2D eigenvalue weighted by atomic mass is 16.2. The van der Waals surface area contributed by atoms with Crippen LogP contribution in [0.4, 0.5) is 10.5 Å². The third-order valence-electron chi connectivity index (χ3n) is 2.93. The van der Waals surface area contributed by atoms with Crippen molar-refractivity contribution in [2.75, 3.05) is 11.9 Å². The molecule has 3 rings (SSSR count). The maximum Gasteiger partial charge on any atom is 0.315 e. The quantitative estimate of drug-likeness (QED) is 0.642. The fourth-order valence-corrected chi connectivity index (χ4v) is 2.12. The second-order valence-corrected chi connectivity index (χ2v) is 4.05. The third kappa shape index (κ3) is 1.41. The number of fused-ring (bicyclic) bond motifs is 1. The fraction of sp³-hybridized carbons (Fsp3) is 0.273. The van der Waals surface area contributed by atoms with Crippen LogP contribution in [0.2, 0.25) is 0 Å². The van der Waals surface area contributed by atoms with Crippen molar-refractivity contribution in [3.05, 3.63) is 29.3 Å². The number of amides is 3. The Labute approximate surface area is 92.2 Å². The van der Waals surface area contributed by atoms with Gasteiger partial charge in [-0.15, -0.1) is 0 Å². The lowest BCUT2D eigenvalue weighted by atomic mass is 10.0. The summed E-state index contributed by atoms with van der Waals surface area (Å²) in [5.74, 6) is 0.0285. The van der Waals surface area contributed by atoms with E-state index < -0.39 is 0 Å². The first-order valence-corrected chi connectivity index (χ1v) is 5.19. The maximum atomic E-state index is 11.2. The summed E-state index contributed by atoms with van der Waals surface area (Å²) >= 11 is 0. The van der Waals surface area contributed by atoms with Gasteiger partial charge in [0.2, 0.25) is 5.91 Å². The molecule has 2 aliphatic rings. The molecule has 0 aliphatic carbocycles. The van der Waals surface area contributed by atoms with E-state index in [1.807, 2.05) is 18.2 Å². The number of carbonyl (C=O) groups excluding carboxylic acids is 2. The van der Waals surface area contributed by atoms with Gasteiger partial charge in [-0.3, -0.25) is 4.79 Å². The van der Waals surface area contributed by atoms with Crippen molar-refractivity contribution in [3.63, 3.8) is 0 Å². The van der Waals surface area contributed by atoms with Gasteiger partial charge in [-0.05, 0) is 17.2 Å². The summed E-state index contributed by atoms with van der Waals surface area (Å²) in [5.41, 5.74) is 2.92. The first-order chi connectivity index (χ1) is 7.72. The largest absolute Gasteiger partial charge is 0.336 e. The van der Waals surface area contributed by atoms with Crippen LogP contribution in [0.3, 0.4) is 0 Å². The van der Waals surface area contributed by atoms with E-state index >= 15 is 0 Å². The maximum absolute atomic E-state index is 11.2. The van der Waals surface area contributed by atoms with Crippen LogP contribution in [0.5, 0.6) is 0 Å². The Morgan fingerprint density at radius 2 is 2.12 bits per heavy atom. The Bertz CT molecular complexity index is 484. The first kappa shape index (κ1) is 9.21. The van der Waals surface area contributed by atoms with Crippen LogP contribution in [-0.2, 0) is 11.2 Å². The van der Waals surface area contributed by atoms with E-state index in [1.165, 1.54) is 0 Å². The van der Waals surface area contributed by atoms with Crippen molar-refractivity contribution in [2.45, 2.75) is 12.5 Å². The van der Waals surface area contributed by atoms with Gasteiger partial charge in [0.1, 0.15) is 0 Å². The van der Waals surface area contributed by atoms with E-state index in [0.29, 0.717) is 13.0 Å². The van der Waals surface area contributed by atoms with Crippen molar-refractivity contribution in [3.8, 4) is 0 Å². The molecule has 2 aliphatic heterocycles. The molecule has 0 saturated carbocycles. The molecule has 1 saturated heterocycles. The number of benzene rings is 1. The van der Waals surface area contributed by atoms with Crippen LogP contribution in [0.1, 0.15) is 17.2 Å². The Balaban J connectivity index is 1.90. The van der Waals surface area contributed by atoms with Gasteiger partial charge in [-0.2, -0.15) is 0 Å². The Morgan fingerprint density at radius 1 is 1.25 bits per heavy atom. The second-order valence-electron chi connectivity index (χ2n) is 4.05. The van der Waals surface area contributed by atoms with Gasteiger partial charge in [0.05, 0.1) is 12.5 Å². The minimum absolute atomic E-state index is 0.00787. The lowest BCUT2D eigenvalue weighted by molar-refractivity contribution is -0.115. The monoisotopic (exact) mass is 217 g/mol. The van der Waals surface area contributed by atoms with Crippen LogP contribution < -0.4 is 16.0 Å². The first-order valence-electron chi connectivity index (χ1n) is 5.19. The van der Waals surface area contributed by atoms with Crippen LogP contribution in [0.25, 0.3) is 0 Å². The molecule has 0 radical (unpaired) electrons. The summed E-state index contributed by atoms with van der Waals surface area (Å²) < 4.78 is 0. The van der Waals surface area contributed by atoms with E-state index in [0.717, 1.165) is 16.8 Å². The summed E-state index contributed by atoms with van der Waals surface area (Å²) in [6.07, 6.45) is 0.428. The zero-order valence-corrected chi connectivity index (χ0v) is 8.54. The van der Waals surface area contributed by atoms with Gasteiger partial charge in [0.25, 0.3) is 0 Å². The lowest BCUT2D eigenvalue weighted by Crippen LogP contribution is -2.21. The highest BCUT2D eigenvalue weighted by molar-refractivity contribution is 5.99. The molecule has 2 heterocycles. The predicted molar refractivity (Wildman–Crippen MR) is 58.1 cm³/mol. The molecule has 16 heavy (non-hydrogen) atoms. The van der Waals surface area contributed by atoms with E-state index in [9.17, 15) is 9.59 Å². The second kappa shape index (κ2) is 3.23. The molecule has 1 aromatic rings. The molecule has 82 valence electrons. The van der Waals surface area contributed by atoms with Gasteiger partial charge >= 0.3 is 6.03 Å². The smallest absolute Gasteiger partial charge is 0.315 e. The standard InChI is InChI=1S/C11H11N3O2/c15-10-4-7-3-6(1-2-8(7)13-10)9-5-12-11(16)14-9/h1-3,9H,4-5H2,(H,13,15)(H2,12,14,16). The molecule has 1 fully saturated rings.